The average Bonchev–Trinajstić information content (AvgIpc) is 2.98. The molecule has 0 fully saturated rings. The first kappa shape index (κ1) is 18.8. The predicted molar refractivity (Wildman–Crippen MR) is 87.0 cm³/mol. The number of halogens is 1. The van der Waals surface area contributed by atoms with E-state index in [1.807, 2.05) is 0 Å². The van der Waals surface area contributed by atoms with Crippen molar-refractivity contribution in [3.63, 3.8) is 0 Å². The van der Waals surface area contributed by atoms with Crippen molar-refractivity contribution in [1.82, 2.24) is 5.32 Å². The molecule has 134 valence electrons. The molecule has 1 aliphatic heterocycles. The lowest BCUT2D eigenvalue weighted by Gasteiger charge is -2.26. The number of ether oxygens (including phenoxy) is 2. The van der Waals surface area contributed by atoms with Crippen LogP contribution in [-0.4, -0.2) is 36.5 Å². The Hall–Kier alpha value is -2.54. The molecule has 1 heterocycles. The van der Waals surface area contributed by atoms with Gasteiger partial charge in [-0.15, -0.1) is 0 Å². The van der Waals surface area contributed by atoms with Crippen molar-refractivity contribution in [2.45, 2.75) is 32.4 Å². The fraction of sp³-hybridized carbons (Fsp3) is 0.389. The van der Waals surface area contributed by atoms with Crippen LogP contribution in [0.2, 0.25) is 0 Å². The van der Waals surface area contributed by atoms with Crippen LogP contribution in [0, 0.1) is 5.82 Å². The lowest BCUT2D eigenvalue weighted by atomic mass is 9.97. The molecule has 0 aromatic heterocycles. The molecule has 6 nitrogen and oxygen atoms in total. The topological polar surface area (TPSA) is 81.7 Å². The molecule has 1 aromatic rings. The zero-order chi connectivity index (χ0) is 18.6. The SMILES string of the molecule is CCOC(=O)C1(C(=O)OCC)C=C(C(C)=O)[C@@H](c2ccc(F)cc2)N1. The van der Waals surface area contributed by atoms with Crippen LogP contribution in [0.1, 0.15) is 32.4 Å². The van der Waals surface area contributed by atoms with Gasteiger partial charge < -0.3 is 9.47 Å². The minimum Gasteiger partial charge on any atom is -0.464 e. The van der Waals surface area contributed by atoms with Gasteiger partial charge in [0.2, 0.25) is 5.54 Å². The summed E-state index contributed by atoms with van der Waals surface area (Å²) in [7, 11) is 0. The van der Waals surface area contributed by atoms with E-state index in [-0.39, 0.29) is 24.6 Å². The average molecular weight is 349 g/mol. The fourth-order valence-electron chi connectivity index (χ4n) is 2.70. The summed E-state index contributed by atoms with van der Waals surface area (Å²) in [6.07, 6.45) is 1.25. The molecule has 0 aliphatic carbocycles. The highest BCUT2D eigenvalue weighted by Gasteiger charge is 2.54. The van der Waals surface area contributed by atoms with Crippen molar-refractivity contribution in [2.75, 3.05) is 13.2 Å². The number of ketones is 1. The molecule has 0 saturated carbocycles. The van der Waals surface area contributed by atoms with Gasteiger partial charge in [-0.25, -0.2) is 14.0 Å². The second-order valence-electron chi connectivity index (χ2n) is 5.53. The molecule has 1 aromatic carbocycles. The van der Waals surface area contributed by atoms with E-state index in [1.54, 1.807) is 13.8 Å². The Morgan fingerprint density at radius 1 is 1.08 bits per heavy atom. The molecule has 25 heavy (non-hydrogen) atoms. The molecule has 1 aliphatic rings. The number of esters is 2. The first-order chi connectivity index (χ1) is 11.9. The van der Waals surface area contributed by atoms with Crippen molar-refractivity contribution in [2.24, 2.45) is 0 Å². The Labute approximate surface area is 145 Å². The van der Waals surface area contributed by atoms with E-state index >= 15 is 0 Å². The van der Waals surface area contributed by atoms with Crippen molar-refractivity contribution >= 4 is 17.7 Å². The Balaban J connectivity index is 2.51. The highest BCUT2D eigenvalue weighted by atomic mass is 19.1. The van der Waals surface area contributed by atoms with Gasteiger partial charge >= 0.3 is 11.9 Å². The molecule has 1 atom stereocenters. The maximum absolute atomic E-state index is 13.2. The Morgan fingerprint density at radius 3 is 2.04 bits per heavy atom. The quantitative estimate of drug-likeness (QED) is 0.623. The zero-order valence-electron chi connectivity index (χ0n) is 14.3. The van der Waals surface area contributed by atoms with Crippen LogP contribution in [0.3, 0.4) is 0 Å². The van der Waals surface area contributed by atoms with Gasteiger partial charge in [0.05, 0.1) is 19.3 Å². The summed E-state index contributed by atoms with van der Waals surface area (Å²) in [5, 5.41) is 2.86. The number of Topliss-reactive ketones (excluding diaryl/α,β-unsaturated/α-hetero) is 1. The number of hydrogen-bond acceptors (Lipinski definition) is 6. The summed E-state index contributed by atoms with van der Waals surface area (Å²) < 4.78 is 23.2. The van der Waals surface area contributed by atoms with Gasteiger partial charge in [-0.3, -0.25) is 10.1 Å². The predicted octanol–water partition coefficient (Wildman–Crippen LogP) is 1.85. The van der Waals surface area contributed by atoms with Crippen molar-refractivity contribution in [3.05, 3.63) is 47.3 Å². The number of rotatable bonds is 6. The second-order valence-corrected chi connectivity index (χ2v) is 5.53. The third-order valence-electron chi connectivity index (χ3n) is 3.86. The molecule has 0 bridgehead atoms. The maximum atomic E-state index is 13.2. The summed E-state index contributed by atoms with van der Waals surface area (Å²) in [5.41, 5.74) is -1.16. The third-order valence-corrected chi connectivity index (χ3v) is 3.86. The van der Waals surface area contributed by atoms with Crippen LogP contribution < -0.4 is 5.32 Å². The van der Waals surface area contributed by atoms with Gasteiger partial charge in [0.15, 0.2) is 5.78 Å². The van der Waals surface area contributed by atoms with Crippen LogP contribution in [0.15, 0.2) is 35.9 Å². The summed E-state index contributed by atoms with van der Waals surface area (Å²) >= 11 is 0. The first-order valence-corrected chi connectivity index (χ1v) is 7.97. The van der Waals surface area contributed by atoms with Crippen LogP contribution in [0.4, 0.5) is 4.39 Å². The van der Waals surface area contributed by atoms with Gasteiger partial charge in [-0.05, 0) is 44.5 Å². The van der Waals surface area contributed by atoms with Gasteiger partial charge in [0, 0.05) is 5.57 Å². The summed E-state index contributed by atoms with van der Waals surface area (Å²) in [5.74, 6) is -2.46. The van der Waals surface area contributed by atoms with E-state index in [0.29, 0.717) is 5.56 Å². The molecular formula is C18H20FNO5. The standard InChI is InChI=1S/C18H20FNO5/c1-4-24-16(22)18(17(23)25-5-2)10-14(11(3)21)15(20-18)12-6-8-13(19)9-7-12/h6-10,15,20H,4-5H2,1-3H3/t15-/m1/s1. The number of nitrogens with one attached hydrogen (secondary N) is 1. The van der Waals surface area contributed by atoms with Gasteiger partial charge in [0.25, 0.3) is 0 Å². The first-order valence-electron chi connectivity index (χ1n) is 7.97. The van der Waals surface area contributed by atoms with Crippen molar-refractivity contribution in [3.8, 4) is 0 Å². The second kappa shape index (κ2) is 7.57. The fourth-order valence-corrected chi connectivity index (χ4v) is 2.70. The minimum atomic E-state index is -1.91. The number of carbonyl (C=O) groups excluding carboxylic acids is 3. The summed E-state index contributed by atoms with van der Waals surface area (Å²) in [4.78, 5) is 37.0. The van der Waals surface area contributed by atoms with E-state index in [4.69, 9.17) is 9.47 Å². The minimum absolute atomic E-state index is 0.0616. The molecule has 7 heteroatoms. The largest absolute Gasteiger partial charge is 0.464 e. The molecular weight excluding hydrogens is 329 g/mol. The highest BCUT2D eigenvalue weighted by molar-refractivity contribution is 6.11. The molecule has 1 N–H and O–H groups in total. The molecule has 0 amide bonds. The summed E-state index contributed by atoms with van der Waals surface area (Å²) in [6.45, 7) is 4.67. The van der Waals surface area contributed by atoms with E-state index in [0.717, 1.165) is 0 Å². The van der Waals surface area contributed by atoms with Crippen LogP contribution >= 0.6 is 0 Å². The van der Waals surface area contributed by atoms with E-state index in [1.165, 1.54) is 37.3 Å². The van der Waals surface area contributed by atoms with Crippen LogP contribution in [0.5, 0.6) is 0 Å². The molecule has 2 rings (SSSR count). The Kier molecular flexibility index (Phi) is 5.69. The van der Waals surface area contributed by atoms with E-state index < -0.39 is 29.3 Å². The third kappa shape index (κ3) is 3.61. The maximum Gasteiger partial charge on any atom is 0.342 e. The monoisotopic (exact) mass is 349 g/mol. The molecule has 0 unspecified atom stereocenters. The van der Waals surface area contributed by atoms with E-state index in [2.05, 4.69) is 5.32 Å². The van der Waals surface area contributed by atoms with Gasteiger partial charge in [0.1, 0.15) is 5.82 Å². The molecule has 0 radical (unpaired) electrons. The summed E-state index contributed by atoms with van der Waals surface area (Å²) in [6, 6.07) is 4.69. The lowest BCUT2D eigenvalue weighted by molar-refractivity contribution is -0.162. The lowest BCUT2D eigenvalue weighted by Crippen LogP contribution is -2.56. The number of benzene rings is 1. The zero-order valence-corrected chi connectivity index (χ0v) is 14.3. The molecule has 0 spiro atoms. The highest BCUT2D eigenvalue weighted by Crippen LogP contribution is 2.35. The van der Waals surface area contributed by atoms with E-state index in [9.17, 15) is 18.8 Å². The molecule has 0 saturated heterocycles. The number of hydrogen-bond donors (Lipinski definition) is 1. The van der Waals surface area contributed by atoms with Crippen molar-refractivity contribution < 1.29 is 28.2 Å². The Morgan fingerprint density at radius 2 is 1.60 bits per heavy atom. The normalized spacial score (nSPS) is 18.4. The van der Waals surface area contributed by atoms with Crippen LogP contribution in [-0.2, 0) is 23.9 Å². The van der Waals surface area contributed by atoms with Crippen molar-refractivity contribution in [1.29, 1.82) is 0 Å². The van der Waals surface area contributed by atoms with Gasteiger partial charge in [-0.1, -0.05) is 12.1 Å². The van der Waals surface area contributed by atoms with Gasteiger partial charge in [-0.2, -0.15) is 0 Å². The van der Waals surface area contributed by atoms with Crippen LogP contribution in [0.25, 0.3) is 0 Å². The Bertz CT molecular complexity index is 693. The number of carbonyl (C=O) groups is 3. The smallest absolute Gasteiger partial charge is 0.342 e.